The molecule has 3 aromatic rings. The maximum Gasteiger partial charge on any atom is 0.255 e. The predicted molar refractivity (Wildman–Crippen MR) is 130 cm³/mol. The zero-order chi connectivity index (χ0) is 26.6. The van der Waals surface area contributed by atoms with Crippen LogP contribution in [-0.2, 0) is 24.6 Å². The smallest absolute Gasteiger partial charge is 0.255 e. The Morgan fingerprint density at radius 3 is 2.33 bits per heavy atom. The Labute approximate surface area is 207 Å². The highest BCUT2D eigenvalue weighted by molar-refractivity contribution is 7.92. The van der Waals surface area contributed by atoms with Crippen LogP contribution in [0.2, 0.25) is 0 Å². The Hall–Kier alpha value is -3.03. The number of hydrogen-bond donors (Lipinski definition) is 1. The fourth-order valence-corrected chi connectivity index (χ4v) is 6.19. The minimum Gasteiger partial charge on any atom is -0.455 e. The quantitative estimate of drug-likeness (QED) is 0.526. The zero-order valence-corrected chi connectivity index (χ0v) is 21.5. The van der Waals surface area contributed by atoms with Gasteiger partial charge in [0.15, 0.2) is 0 Å². The van der Waals surface area contributed by atoms with Crippen LogP contribution in [0.25, 0.3) is 22.3 Å². The van der Waals surface area contributed by atoms with Crippen molar-refractivity contribution >= 4 is 42.4 Å². The van der Waals surface area contributed by atoms with E-state index in [1.54, 1.807) is 0 Å². The minimum atomic E-state index is -4.01. The van der Waals surface area contributed by atoms with Crippen LogP contribution in [0.1, 0.15) is 28.9 Å². The van der Waals surface area contributed by atoms with Gasteiger partial charge >= 0.3 is 0 Å². The van der Waals surface area contributed by atoms with Crippen molar-refractivity contribution < 1.29 is 39.6 Å². The molecule has 0 aliphatic carbocycles. The molecule has 4 rings (SSSR count). The molecule has 0 spiro atoms. The lowest BCUT2D eigenvalue weighted by atomic mass is 9.99. The van der Waals surface area contributed by atoms with Gasteiger partial charge in [-0.05, 0) is 31.2 Å². The molecule has 2 atom stereocenters. The lowest BCUT2D eigenvalue weighted by Crippen LogP contribution is -2.39. The summed E-state index contributed by atoms with van der Waals surface area (Å²) in [4.78, 5) is 12.8. The number of anilines is 1. The first-order chi connectivity index (χ1) is 16.7. The maximum atomic E-state index is 16.2. The maximum absolute atomic E-state index is 16.2. The Kier molecular flexibility index (Phi) is 6.60. The molecule has 0 unspecified atom stereocenters. The third-order valence-electron chi connectivity index (χ3n) is 5.83. The van der Waals surface area contributed by atoms with Gasteiger partial charge in [0.05, 0.1) is 47.4 Å². The number of fused-ring (bicyclic) bond motifs is 2. The average Bonchev–Trinajstić information content (AvgIpc) is 3.08. The van der Waals surface area contributed by atoms with Gasteiger partial charge in [0, 0.05) is 30.5 Å². The first-order valence-corrected chi connectivity index (χ1v) is 14.7. The lowest BCUT2D eigenvalue weighted by molar-refractivity contribution is 0.0177. The molecule has 0 radical (unpaired) electrons. The van der Waals surface area contributed by atoms with Crippen LogP contribution in [-0.4, -0.2) is 60.7 Å². The number of nitrogens with one attached hydrogen (secondary N) is 1. The van der Waals surface area contributed by atoms with Crippen LogP contribution < -0.4 is 9.62 Å². The van der Waals surface area contributed by atoms with Gasteiger partial charge in [-0.3, -0.25) is 9.10 Å². The van der Waals surface area contributed by atoms with E-state index >= 15 is 4.39 Å². The van der Waals surface area contributed by atoms with Crippen LogP contribution in [0.4, 0.5) is 14.5 Å². The molecular weight excluding hydrogens is 518 g/mol. The fraction of sp³-hybridized carbons (Fsp3) is 0.348. The topological polar surface area (TPSA) is 123 Å². The molecular formula is C23H24F2N2O7S2. The van der Waals surface area contributed by atoms with Crippen molar-refractivity contribution in [1.82, 2.24) is 5.32 Å². The lowest BCUT2D eigenvalue weighted by Gasteiger charge is -2.24. The second-order valence-electron chi connectivity index (χ2n) is 8.68. The highest BCUT2D eigenvalue weighted by Gasteiger charge is 2.37. The minimum absolute atomic E-state index is 0.0298. The van der Waals surface area contributed by atoms with Crippen molar-refractivity contribution in [3.63, 3.8) is 0 Å². The Balaban J connectivity index is 2.03. The highest BCUT2D eigenvalue weighted by atomic mass is 32.2. The molecule has 9 nitrogen and oxygen atoms in total. The van der Waals surface area contributed by atoms with Gasteiger partial charge in [-0.1, -0.05) is 0 Å². The number of carbonyl (C=O) groups is 1. The van der Waals surface area contributed by atoms with Gasteiger partial charge in [0.2, 0.25) is 10.0 Å². The molecule has 0 bridgehead atoms. The van der Waals surface area contributed by atoms with E-state index in [9.17, 15) is 26.0 Å². The van der Waals surface area contributed by atoms with E-state index in [4.69, 9.17) is 9.15 Å². The number of sulfone groups is 1. The van der Waals surface area contributed by atoms with Crippen LogP contribution in [0.3, 0.4) is 0 Å². The predicted octanol–water partition coefficient (Wildman–Crippen LogP) is 3.01. The number of benzene rings is 2. The van der Waals surface area contributed by atoms with E-state index in [2.05, 4.69) is 5.32 Å². The SMILES string of the molecule is CNC(=O)c1c(-c2ccc(F)cc2)oc2cc3c(c(F)c12)[C@H](C)O[C@H](CS(C)(=O)=O)CN3S(C)(=O)=O. The molecule has 1 aromatic heterocycles. The monoisotopic (exact) mass is 542 g/mol. The summed E-state index contributed by atoms with van der Waals surface area (Å²) >= 11 is 0. The van der Waals surface area contributed by atoms with E-state index in [1.807, 2.05) is 0 Å². The number of sulfonamides is 1. The van der Waals surface area contributed by atoms with Crippen LogP contribution >= 0.6 is 0 Å². The molecule has 2 heterocycles. The summed E-state index contributed by atoms with van der Waals surface area (Å²) in [5.74, 6) is -2.65. The summed E-state index contributed by atoms with van der Waals surface area (Å²) < 4.78 is 91.5. The average molecular weight is 543 g/mol. The van der Waals surface area contributed by atoms with Crippen molar-refractivity contribution in [2.45, 2.75) is 19.1 Å². The number of furan rings is 1. The first kappa shape index (κ1) is 26.0. The molecule has 1 aliphatic heterocycles. The zero-order valence-electron chi connectivity index (χ0n) is 19.8. The van der Waals surface area contributed by atoms with Crippen molar-refractivity contribution in [3.8, 4) is 11.3 Å². The second kappa shape index (κ2) is 9.12. The third-order valence-corrected chi connectivity index (χ3v) is 7.95. The van der Waals surface area contributed by atoms with Gasteiger partial charge in [-0.2, -0.15) is 0 Å². The number of carbonyl (C=O) groups excluding carboxylic acids is 1. The molecule has 1 amide bonds. The number of ether oxygens (including phenoxy) is 1. The van der Waals surface area contributed by atoms with Crippen LogP contribution in [0, 0.1) is 11.6 Å². The Morgan fingerprint density at radius 1 is 1.14 bits per heavy atom. The first-order valence-electron chi connectivity index (χ1n) is 10.8. The third kappa shape index (κ3) is 4.82. The van der Waals surface area contributed by atoms with Crippen molar-refractivity contribution in [2.75, 3.05) is 36.2 Å². The standard InChI is InChI=1S/C23H24F2N2O7S2/c1-12-18-16(27(36(4,31)32)10-15(33-12)11-35(3,29)30)9-17-19(21(18)25)20(23(28)26-2)22(34-17)13-5-7-14(24)8-6-13/h5-9,12,15H,10-11H2,1-4H3,(H,26,28)/t12-,15-/m0/s1. The number of halogens is 2. The van der Waals surface area contributed by atoms with Crippen LogP contribution in [0.15, 0.2) is 34.7 Å². The molecule has 0 saturated heterocycles. The van der Waals surface area contributed by atoms with E-state index < -0.39 is 55.4 Å². The van der Waals surface area contributed by atoms with Gasteiger partial charge in [-0.25, -0.2) is 25.6 Å². The van der Waals surface area contributed by atoms with Crippen molar-refractivity contribution in [2.24, 2.45) is 0 Å². The van der Waals surface area contributed by atoms with Crippen molar-refractivity contribution in [1.29, 1.82) is 0 Å². The second-order valence-corrected chi connectivity index (χ2v) is 12.8. The summed E-state index contributed by atoms with van der Waals surface area (Å²) in [6, 6.07) is 6.34. The number of rotatable bonds is 5. The van der Waals surface area contributed by atoms with Gasteiger partial charge in [0.25, 0.3) is 5.91 Å². The highest BCUT2D eigenvalue weighted by Crippen LogP contribution is 2.44. The summed E-state index contributed by atoms with van der Waals surface area (Å²) in [5, 5.41) is 2.22. The van der Waals surface area contributed by atoms with Crippen molar-refractivity contribution in [3.05, 3.63) is 53.1 Å². The van der Waals surface area contributed by atoms with Crippen LogP contribution in [0.5, 0.6) is 0 Å². The Morgan fingerprint density at radius 2 is 1.78 bits per heavy atom. The fourth-order valence-electron chi connectivity index (χ4n) is 4.38. The number of amides is 1. The van der Waals surface area contributed by atoms with Gasteiger partial charge in [0.1, 0.15) is 32.8 Å². The normalized spacial score (nSPS) is 18.7. The van der Waals surface area contributed by atoms with E-state index in [0.29, 0.717) is 5.56 Å². The summed E-state index contributed by atoms with van der Waals surface area (Å²) in [6.07, 6.45) is -0.237. The molecule has 13 heteroatoms. The summed E-state index contributed by atoms with van der Waals surface area (Å²) in [6.45, 7) is 1.09. The molecule has 194 valence electrons. The van der Waals surface area contributed by atoms with Gasteiger partial charge in [-0.15, -0.1) is 0 Å². The van der Waals surface area contributed by atoms with E-state index in [0.717, 1.165) is 28.9 Å². The van der Waals surface area contributed by atoms with Gasteiger partial charge < -0.3 is 14.5 Å². The molecule has 0 saturated carbocycles. The molecule has 1 N–H and O–H groups in total. The number of nitrogens with zero attached hydrogens (tertiary/aromatic N) is 1. The van der Waals surface area contributed by atoms with E-state index in [1.165, 1.54) is 32.2 Å². The summed E-state index contributed by atoms with van der Waals surface area (Å²) in [5.41, 5.74) is -0.228. The number of hydrogen-bond acceptors (Lipinski definition) is 7. The molecule has 1 aliphatic rings. The molecule has 0 fully saturated rings. The molecule has 36 heavy (non-hydrogen) atoms. The van der Waals surface area contributed by atoms with E-state index in [-0.39, 0.29) is 40.1 Å². The summed E-state index contributed by atoms with van der Waals surface area (Å²) in [7, 11) is -6.22. The largest absolute Gasteiger partial charge is 0.455 e. The molecule has 2 aromatic carbocycles. The Bertz CT molecular complexity index is 1570.